The molecule has 14 heteroatoms. The van der Waals surface area contributed by atoms with Crippen LogP contribution in [0.15, 0.2) is 76.7 Å². The van der Waals surface area contributed by atoms with Crippen molar-refractivity contribution < 1.29 is 19.5 Å². The molecule has 3 aromatic carbocycles. The number of anilines is 4. The highest BCUT2D eigenvalue weighted by Gasteiger charge is 2.13. The number of hydrogen-bond donors (Lipinski definition) is 7. The zero-order valence-electron chi connectivity index (χ0n) is 21.6. The first kappa shape index (κ1) is 30.7. The molecule has 3 aromatic rings. The summed E-state index contributed by atoms with van der Waals surface area (Å²) in [4.78, 5) is 45.5. The Morgan fingerprint density at radius 3 is 1.34 bits per heavy atom. The number of benzene rings is 3. The highest BCUT2D eigenvalue weighted by atomic mass is 35.5. The van der Waals surface area contributed by atoms with Crippen LogP contribution in [0.25, 0.3) is 0 Å². The summed E-state index contributed by atoms with van der Waals surface area (Å²) in [7, 11) is 0. The maximum Gasteiger partial charge on any atom is 0.335 e. The van der Waals surface area contributed by atoms with Crippen molar-refractivity contribution >= 4 is 77.3 Å². The van der Waals surface area contributed by atoms with Crippen LogP contribution in [0.5, 0.6) is 0 Å². The summed E-state index contributed by atoms with van der Waals surface area (Å²) in [5.41, 5.74) is 3.20. The average molecular weight is 599 g/mol. The van der Waals surface area contributed by atoms with Crippen molar-refractivity contribution in [3.05, 3.63) is 83.4 Å². The Balaban J connectivity index is 0.00000231. The van der Waals surface area contributed by atoms with Crippen molar-refractivity contribution in [2.24, 2.45) is 9.98 Å². The molecule has 0 spiro atoms. The molecule has 214 valence electrons. The number of carboxylic acid groups (broad SMARTS) is 1. The fourth-order valence-electron chi connectivity index (χ4n) is 4.09. The Labute approximate surface area is 247 Å². The lowest BCUT2D eigenvalue weighted by molar-refractivity contribution is 0.0697. The van der Waals surface area contributed by atoms with Crippen molar-refractivity contribution in [2.75, 3.05) is 47.4 Å². The quantitative estimate of drug-likeness (QED) is 0.215. The van der Waals surface area contributed by atoms with Gasteiger partial charge in [0.1, 0.15) is 11.7 Å². The Morgan fingerprint density at radius 1 is 0.610 bits per heavy atom. The number of amides is 4. The van der Waals surface area contributed by atoms with E-state index in [0.29, 0.717) is 11.4 Å². The minimum atomic E-state index is -1.21. The summed E-state index contributed by atoms with van der Waals surface area (Å²) in [5, 5.41) is 26.5. The van der Waals surface area contributed by atoms with Crippen molar-refractivity contribution in [3.8, 4) is 0 Å². The third-order valence-electron chi connectivity index (χ3n) is 5.88. The molecule has 0 unspecified atom stereocenters. The molecule has 4 amide bonds. The summed E-state index contributed by atoms with van der Waals surface area (Å²) in [6.45, 7) is 3.06. The van der Waals surface area contributed by atoms with E-state index >= 15 is 0 Å². The van der Waals surface area contributed by atoms with E-state index in [2.05, 4.69) is 41.9 Å². The molecule has 41 heavy (non-hydrogen) atoms. The maximum absolute atomic E-state index is 12.6. The molecule has 12 nitrogen and oxygen atoms in total. The number of amidine groups is 2. The molecule has 0 saturated heterocycles. The van der Waals surface area contributed by atoms with Crippen LogP contribution in [-0.4, -0.2) is 61.0 Å². The van der Waals surface area contributed by atoms with E-state index in [4.69, 9.17) is 0 Å². The van der Waals surface area contributed by atoms with E-state index < -0.39 is 18.0 Å². The van der Waals surface area contributed by atoms with Crippen LogP contribution in [0.4, 0.5) is 32.3 Å². The standard InChI is InChI=1S/C27H26N8O4.2ClH/c36-25(37)18-13-21(34-26(38)32-19-5-1-16(2-6-19)23-28-9-10-29-23)15-22(14-18)35-27(39)33-20-7-3-17(4-8-20)24-30-11-12-31-24;;/h1-8,13-15H,9-12H2,(H,28,29)(H,30,31)(H,36,37)(H2,32,34,38)(H2,33,35,39);2*1H. The van der Waals surface area contributed by atoms with Crippen LogP contribution in [0.2, 0.25) is 0 Å². The zero-order chi connectivity index (χ0) is 27.2. The van der Waals surface area contributed by atoms with Gasteiger partial charge in [-0.05, 0) is 66.7 Å². The van der Waals surface area contributed by atoms with E-state index in [0.717, 1.165) is 49.0 Å². The molecule has 0 radical (unpaired) electrons. The van der Waals surface area contributed by atoms with Gasteiger partial charge in [0.2, 0.25) is 0 Å². The molecule has 0 bridgehead atoms. The van der Waals surface area contributed by atoms with Crippen molar-refractivity contribution in [1.82, 2.24) is 10.6 Å². The van der Waals surface area contributed by atoms with Crippen LogP contribution in [-0.2, 0) is 0 Å². The van der Waals surface area contributed by atoms with Gasteiger partial charge in [-0.3, -0.25) is 9.98 Å². The van der Waals surface area contributed by atoms with E-state index in [9.17, 15) is 19.5 Å². The Kier molecular flexibility index (Phi) is 10.5. The van der Waals surface area contributed by atoms with Crippen LogP contribution in [0.3, 0.4) is 0 Å². The van der Waals surface area contributed by atoms with Crippen molar-refractivity contribution in [2.45, 2.75) is 0 Å². The third kappa shape index (κ3) is 8.10. The first-order valence-corrected chi connectivity index (χ1v) is 12.2. The minimum absolute atomic E-state index is 0. The summed E-state index contributed by atoms with van der Waals surface area (Å²) < 4.78 is 0. The highest BCUT2D eigenvalue weighted by Crippen LogP contribution is 2.21. The second-order valence-corrected chi connectivity index (χ2v) is 8.73. The van der Waals surface area contributed by atoms with E-state index in [1.165, 1.54) is 18.2 Å². The molecule has 0 fully saturated rings. The van der Waals surface area contributed by atoms with E-state index in [1.807, 2.05) is 24.3 Å². The van der Waals surface area contributed by atoms with Gasteiger partial charge in [-0.15, -0.1) is 24.8 Å². The number of aliphatic imine (C=N–C) groups is 2. The van der Waals surface area contributed by atoms with Crippen LogP contribution in [0.1, 0.15) is 21.5 Å². The van der Waals surface area contributed by atoms with Gasteiger partial charge < -0.3 is 37.0 Å². The topological polar surface area (TPSA) is 168 Å². The predicted molar refractivity (Wildman–Crippen MR) is 165 cm³/mol. The van der Waals surface area contributed by atoms with Crippen LogP contribution >= 0.6 is 24.8 Å². The average Bonchev–Trinajstić information content (AvgIpc) is 3.64. The molecule has 7 N–H and O–H groups in total. The van der Waals surface area contributed by atoms with Gasteiger partial charge in [0.25, 0.3) is 0 Å². The molecule has 0 saturated carbocycles. The molecule has 2 heterocycles. The lowest BCUT2D eigenvalue weighted by Gasteiger charge is -2.13. The molecule has 0 atom stereocenters. The van der Waals surface area contributed by atoms with E-state index in [-0.39, 0.29) is 41.8 Å². The normalized spacial score (nSPS) is 13.2. The summed E-state index contributed by atoms with van der Waals surface area (Å²) in [6.07, 6.45) is 0. The zero-order valence-corrected chi connectivity index (χ0v) is 23.2. The minimum Gasteiger partial charge on any atom is -0.478 e. The third-order valence-corrected chi connectivity index (χ3v) is 5.88. The fourth-order valence-corrected chi connectivity index (χ4v) is 4.09. The molecular weight excluding hydrogens is 571 g/mol. The van der Waals surface area contributed by atoms with Gasteiger partial charge in [-0.1, -0.05) is 0 Å². The lowest BCUT2D eigenvalue weighted by atomic mass is 10.1. The highest BCUT2D eigenvalue weighted by molar-refractivity contribution is 6.05. The second-order valence-electron chi connectivity index (χ2n) is 8.73. The summed E-state index contributed by atoms with van der Waals surface area (Å²) >= 11 is 0. The second kappa shape index (κ2) is 14.0. The van der Waals surface area contributed by atoms with Gasteiger partial charge in [0.05, 0.1) is 18.7 Å². The summed E-state index contributed by atoms with van der Waals surface area (Å²) in [5.74, 6) is 0.420. The number of halogens is 2. The van der Waals surface area contributed by atoms with E-state index in [1.54, 1.807) is 24.3 Å². The Hall–Kier alpha value is -4.81. The number of nitrogens with one attached hydrogen (secondary N) is 6. The molecular formula is C27H28Cl2N8O4. The van der Waals surface area contributed by atoms with Gasteiger partial charge >= 0.3 is 18.0 Å². The molecule has 2 aliphatic heterocycles. The van der Waals surface area contributed by atoms with Gasteiger partial charge in [0.15, 0.2) is 0 Å². The predicted octanol–water partition coefficient (Wildman–Crippen LogP) is 4.22. The van der Waals surface area contributed by atoms with Crippen molar-refractivity contribution in [1.29, 1.82) is 0 Å². The van der Waals surface area contributed by atoms with Gasteiger partial charge in [-0.25, -0.2) is 14.4 Å². The number of aromatic carboxylic acids is 1. The number of carbonyl (C=O) groups is 3. The van der Waals surface area contributed by atoms with Crippen LogP contribution < -0.4 is 31.9 Å². The Bertz CT molecular complexity index is 1380. The molecule has 0 aromatic heterocycles. The SMILES string of the molecule is Cl.Cl.O=C(Nc1ccc(C2=NCCN2)cc1)Nc1cc(NC(=O)Nc2ccc(C3=NCCN3)cc2)cc(C(=O)O)c1. The Morgan fingerprint density at radius 2 is 1.00 bits per heavy atom. The number of carboxylic acids is 1. The van der Waals surface area contributed by atoms with Gasteiger partial charge in [0, 0.05) is 47.0 Å². The van der Waals surface area contributed by atoms with Gasteiger partial charge in [-0.2, -0.15) is 0 Å². The smallest absolute Gasteiger partial charge is 0.335 e. The molecule has 0 aliphatic carbocycles. The van der Waals surface area contributed by atoms with Crippen LogP contribution in [0, 0.1) is 0 Å². The first-order chi connectivity index (χ1) is 18.9. The fraction of sp³-hybridized carbons (Fsp3) is 0.148. The first-order valence-electron chi connectivity index (χ1n) is 12.2. The number of carbonyl (C=O) groups excluding carboxylic acids is 2. The number of rotatable bonds is 7. The molecule has 2 aliphatic rings. The number of nitrogens with zero attached hydrogens (tertiary/aromatic N) is 2. The number of urea groups is 2. The summed E-state index contributed by atoms with van der Waals surface area (Å²) in [6, 6.07) is 17.3. The lowest BCUT2D eigenvalue weighted by Crippen LogP contribution is -2.22. The van der Waals surface area contributed by atoms with Crippen molar-refractivity contribution in [3.63, 3.8) is 0 Å². The monoisotopic (exact) mass is 598 g/mol. The number of hydrogen-bond acceptors (Lipinski definition) is 7. The molecule has 5 rings (SSSR count). The maximum atomic E-state index is 12.6. The largest absolute Gasteiger partial charge is 0.478 e.